The average molecular weight is 390 g/mol. The summed E-state index contributed by atoms with van der Waals surface area (Å²) in [6.45, 7) is 6.22. The van der Waals surface area contributed by atoms with E-state index in [0.717, 1.165) is 62.7 Å². The van der Waals surface area contributed by atoms with E-state index < -0.39 is 0 Å². The van der Waals surface area contributed by atoms with E-state index in [9.17, 15) is 4.79 Å². The van der Waals surface area contributed by atoms with Gasteiger partial charge in [-0.25, -0.2) is 4.99 Å². The molecule has 0 aliphatic carbocycles. The van der Waals surface area contributed by atoms with Gasteiger partial charge in [0.15, 0.2) is 5.96 Å². The van der Waals surface area contributed by atoms with Crippen LogP contribution in [-0.2, 0) is 11.3 Å². The molecule has 156 valence electrons. The number of rotatable bonds is 9. The molecule has 7 heteroatoms. The number of carbonyl (C=O) groups excluding carboxylic acids is 1. The minimum atomic E-state index is 0.0463. The van der Waals surface area contributed by atoms with Crippen molar-refractivity contribution >= 4 is 11.9 Å². The first-order chi connectivity index (χ1) is 13.5. The molecule has 0 saturated carbocycles. The van der Waals surface area contributed by atoms with Crippen molar-refractivity contribution < 1.29 is 9.53 Å². The highest BCUT2D eigenvalue weighted by Gasteiger charge is 2.30. The van der Waals surface area contributed by atoms with Crippen LogP contribution in [0.5, 0.6) is 5.75 Å². The lowest BCUT2D eigenvalue weighted by Gasteiger charge is -2.26. The summed E-state index contributed by atoms with van der Waals surface area (Å²) in [4.78, 5) is 21.0. The maximum absolute atomic E-state index is 12.3. The molecule has 2 N–H and O–H groups in total. The molecule has 1 atom stereocenters. The Morgan fingerprint density at radius 1 is 1.36 bits per heavy atom. The lowest BCUT2D eigenvalue weighted by molar-refractivity contribution is -0.133. The van der Waals surface area contributed by atoms with Gasteiger partial charge in [-0.1, -0.05) is 12.1 Å². The third-order valence-electron chi connectivity index (χ3n) is 4.90. The normalized spacial score (nSPS) is 17.4. The number of hydrogen-bond donors (Lipinski definition) is 2. The zero-order valence-electron chi connectivity index (χ0n) is 17.7. The molecule has 1 saturated heterocycles. The van der Waals surface area contributed by atoms with Crippen molar-refractivity contribution in [3.05, 3.63) is 29.8 Å². The van der Waals surface area contributed by atoms with Crippen LogP contribution in [0, 0.1) is 0 Å². The van der Waals surface area contributed by atoms with Gasteiger partial charge in [-0.05, 0) is 50.4 Å². The predicted octanol–water partition coefficient (Wildman–Crippen LogP) is 1.69. The molecular formula is C21H35N5O2. The molecule has 7 nitrogen and oxygen atoms in total. The molecular weight excluding hydrogens is 354 g/mol. The molecule has 1 heterocycles. The number of carbonyl (C=O) groups is 1. The van der Waals surface area contributed by atoms with Crippen LogP contribution in [0.4, 0.5) is 0 Å². The maximum atomic E-state index is 12.3. The number of likely N-dealkylation sites (N-methyl/N-ethyl adjacent to an activating group) is 1. The highest BCUT2D eigenvalue weighted by atomic mass is 16.5. The van der Waals surface area contributed by atoms with Crippen molar-refractivity contribution in [1.29, 1.82) is 0 Å². The SMILES string of the molecule is CCNC(=NCc1cccc(OC)c1)NCCCN1CCCC1C(=O)N(C)C. The average Bonchev–Trinajstić information content (AvgIpc) is 3.17. The first kappa shape index (κ1) is 22.0. The Morgan fingerprint density at radius 2 is 2.18 bits per heavy atom. The topological polar surface area (TPSA) is 69.2 Å². The summed E-state index contributed by atoms with van der Waals surface area (Å²) < 4.78 is 5.27. The van der Waals surface area contributed by atoms with Gasteiger partial charge in [0.2, 0.25) is 5.91 Å². The molecule has 0 bridgehead atoms. The predicted molar refractivity (Wildman–Crippen MR) is 114 cm³/mol. The van der Waals surface area contributed by atoms with Gasteiger partial charge in [0.1, 0.15) is 5.75 Å². The summed E-state index contributed by atoms with van der Waals surface area (Å²) in [5, 5.41) is 6.68. The van der Waals surface area contributed by atoms with E-state index in [1.807, 2.05) is 38.4 Å². The van der Waals surface area contributed by atoms with Gasteiger partial charge in [-0.2, -0.15) is 0 Å². The van der Waals surface area contributed by atoms with Crippen molar-refractivity contribution in [1.82, 2.24) is 20.4 Å². The Hall–Kier alpha value is -2.28. The van der Waals surface area contributed by atoms with Crippen molar-refractivity contribution in [2.24, 2.45) is 4.99 Å². The number of methoxy groups -OCH3 is 1. The Labute approximate surface area is 169 Å². The van der Waals surface area contributed by atoms with Gasteiger partial charge in [0.25, 0.3) is 0 Å². The van der Waals surface area contributed by atoms with Gasteiger partial charge in [0, 0.05) is 33.7 Å². The minimum Gasteiger partial charge on any atom is -0.497 e. The fraction of sp³-hybridized carbons (Fsp3) is 0.619. The molecule has 1 aromatic rings. The summed E-state index contributed by atoms with van der Waals surface area (Å²) in [5.74, 6) is 1.88. The van der Waals surface area contributed by atoms with Crippen LogP contribution < -0.4 is 15.4 Å². The first-order valence-electron chi connectivity index (χ1n) is 10.2. The van der Waals surface area contributed by atoms with Crippen LogP contribution in [0.25, 0.3) is 0 Å². The first-order valence-corrected chi connectivity index (χ1v) is 10.2. The third kappa shape index (κ3) is 6.71. The number of guanidine groups is 1. The second-order valence-corrected chi connectivity index (χ2v) is 7.25. The van der Waals surface area contributed by atoms with Crippen LogP contribution in [0.1, 0.15) is 31.7 Å². The van der Waals surface area contributed by atoms with Crippen molar-refractivity contribution in [3.63, 3.8) is 0 Å². The van der Waals surface area contributed by atoms with E-state index in [1.54, 1.807) is 12.0 Å². The van der Waals surface area contributed by atoms with E-state index in [4.69, 9.17) is 4.74 Å². The van der Waals surface area contributed by atoms with Gasteiger partial charge in [-0.3, -0.25) is 9.69 Å². The van der Waals surface area contributed by atoms with Crippen LogP contribution in [0.2, 0.25) is 0 Å². The highest BCUT2D eigenvalue weighted by Crippen LogP contribution is 2.18. The zero-order chi connectivity index (χ0) is 20.4. The number of hydrogen-bond acceptors (Lipinski definition) is 4. The van der Waals surface area contributed by atoms with Gasteiger partial charge < -0.3 is 20.3 Å². The minimum absolute atomic E-state index is 0.0463. The fourth-order valence-electron chi connectivity index (χ4n) is 3.44. The van der Waals surface area contributed by atoms with Crippen LogP contribution >= 0.6 is 0 Å². The van der Waals surface area contributed by atoms with Crippen LogP contribution in [0.15, 0.2) is 29.3 Å². The Bertz CT molecular complexity index is 647. The Balaban J connectivity index is 1.80. The maximum Gasteiger partial charge on any atom is 0.239 e. The summed E-state index contributed by atoms with van der Waals surface area (Å²) in [6.07, 6.45) is 3.04. The third-order valence-corrected chi connectivity index (χ3v) is 4.90. The van der Waals surface area contributed by atoms with E-state index in [0.29, 0.717) is 6.54 Å². The smallest absolute Gasteiger partial charge is 0.239 e. The standard InChI is InChI=1S/C21H35N5O2/c1-5-22-21(24-16-17-9-6-10-18(15-17)28-4)23-12-8-14-26-13-7-11-19(26)20(27)25(2)3/h6,9-10,15,19H,5,7-8,11-14,16H2,1-4H3,(H2,22,23,24). The molecule has 1 aliphatic heterocycles. The van der Waals surface area contributed by atoms with Crippen molar-refractivity contribution in [3.8, 4) is 5.75 Å². The van der Waals surface area contributed by atoms with E-state index in [1.165, 1.54) is 0 Å². The number of likely N-dealkylation sites (tertiary alicyclic amines) is 1. The molecule has 1 aliphatic rings. The number of nitrogens with zero attached hydrogens (tertiary/aromatic N) is 3. The Kier molecular flexibility index (Phi) is 9.07. The van der Waals surface area contributed by atoms with Gasteiger partial charge in [-0.15, -0.1) is 0 Å². The largest absolute Gasteiger partial charge is 0.497 e. The van der Waals surface area contributed by atoms with Crippen molar-refractivity contribution in [2.45, 2.75) is 38.8 Å². The van der Waals surface area contributed by atoms with Gasteiger partial charge >= 0.3 is 0 Å². The molecule has 2 rings (SSSR count). The molecule has 1 unspecified atom stereocenters. The highest BCUT2D eigenvalue weighted by molar-refractivity contribution is 5.81. The molecule has 1 amide bonds. The second kappa shape index (κ2) is 11.5. The monoisotopic (exact) mass is 389 g/mol. The van der Waals surface area contributed by atoms with Crippen LogP contribution in [-0.4, -0.2) is 75.1 Å². The summed E-state index contributed by atoms with van der Waals surface area (Å²) in [6, 6.07) is 8.01. The van der Waals surface area contributed by atoms with Crippen LogP contribution in [0.3, 0.4) is 0 Å². The number of amides is 1. The molecule has 0 aromatic heterocycles. The van der Waals surface area contributed by atoms with E-state index in [2.05, 4.69) is 27.4 Å². The molecule has 28 heavy (non-hydrogen) atoms. The molecule has 1 fully saturated rings. The number of ether oxygens (including phenoxy) is 1. The second-order valence-electron chi connectivity index (χ2n) is 7.25. The zero-order valence-corrected chi connectivity index (χ0v) is 17.7. The lowest BCUT2D eigenvalue weighted by Crippen LogP contribution is -2.44. The molecule has 1 aromatic carbocycles. The van der Waals surface area contributed by atoms with E-state index >= 15 is 0 Å². The summed E-state index contributed by atoms with van der Waals surface area (Å²) in [7, 11) is 5.34. The number of nitrogens with one attached hydrogen (secondary N) is 2. The van der Waals surface area contributed by atoms with Crippen molar-refractivity contribution in [2.75, 3.05) is 47.4 Å². The Morgan fingerprint density at radius 3 is 2.89 bits per heavy atom. The number of aliphatic imine (C=N–C) groups is 1. The quantitative estimate of drug-likeness (QED) is 0.382. The van der Waals surface area contributed by atoms with E-state index in [-0.39, 0.29) is 11.9 Å². The molecule has 0 radical (unpaired) electrons. The summed E-state index contributed by atoms with van der Waals surface area (Å²) in [5.41, 5.74) is 1.11. The van der Waals surface area contributed by atoms with Gasteiger partial charge in [0.05, 0.1) is 19.7 Å². The fourth-order valence-corrected chi connectivity index (χ4v) is 3.44. The lowest BCUT2D eigenvalue weighted by atomic mass is 10.2. The number of benzene rings is 1. The summed E-state index contributed by atoms with van der Waals surface area (Å²) >= 11 is 0. The molecule has 0 spiro atoms.